The van der Waals surface area contributed by atoms with Crippen LogP contribution in [0.4, 0.5) is 17.2 Å². The molecule has 1 aliphatic heterocycles. The lowest BCUT2D eigenvalue weighted by Crippen LogP contribution is -2.36. The van der Waals surface area contributed by atoms with Crippen molar-refractivity contribution in [2.45, 2.75) is 26.7 Å². The third-order valence-electron chi connectivity index (χ3n) is 4.83. The molecular formula is C22H30N4O2. The number of morpholine rings is 1. The van der Waals surface area contributed by atoms with Crippen molar-refractivity contribution in [2.75, 3.05) is 54.5 Å². The predicted octanol–water partition coefficient (Wildman–Crippen LogP) is 3.80. The third-order valence-corrected chi connectivity index (χ3v) is 4.83. The molecule has 1 aromatic heterocycles. The van der Waals surface area contributed by atoms with Gasteiger partial charge < -0.3 is 19.9 Å². The molecule has 6 nitrogen and oxygen atoms in total. The quantitative estimate of drug-likeness (QED) is 0.753. The van der Waals surface area contributed by atoms with Crippen LogP contribution in [0.2, 0.25) is 0 Å². The van der Waals surface area contributed by atoms with E-state index in [-0.39, 0.29) is 5.91 Å². The molecule has 0 spiro atoms. The molecule has 1 aromatic carbocycles. The fourth-order valence-corrected chi connectivity index (χ4v) is 3.44. The first-order chi connectivity index (χ1) is 13.7. The molecule has 2 heterocycles. The van der Waals surface area contributed by atoms with Gasteiger partial charge in [-0.05, 0) is 37.1 Å². The number of rotatable bonds is 8. The van der Waals surface area contributed by atoms with Gasteiger partial charge in [0, 0.05) is 32.4 Å². The lowest BCUT2D eigenvalue weighted by Gasteiger charge is -2.30. The number of aromatic nitrogens is 1. The van der Waals surface area contributed by atoms with Crippen molar-refractivity contribution in [1.29, 1.82) is 0 Å². The van der Waals surface area contributed by atoms with Crippen molar-refractivity contribution in [3.63, 3.8) is 0 Å². The number of benzene rings is 1. The fraction of sp³-hybridized carbons (Fsp3) is 0.455. The van der Waals surface area contributed by atoms with Crippen molar-refractivity contribution >= 4 is 23.1 Å². The Labute approximate surface area is 167 Å². The molecule has 1 saturated heterocycles. The number of amides is 1. The Balaban J connectivity index is 1.71. The van der Waals surface area contributed by atoms with E-state index >= 15 is 0 Å². The van der Waals surface area contributed by atoms with Crippen LogP contribution >= 0.6 is 0 Å². The Kier molecular flexibility index (Phi) is 7.25. The van der Waals surface area contributed by atoms with E-state index in [0.717, 1.165) is 56.2 Å². The lowest BCUT2D eigenvalue weighted by atomic mass is 10.2. The van der Waals surface area contributed by atoms with E-state index in [1.807, 2.05) is 36.4 Å². The average Bonchev–Trinajstić information content (AvgIpc) is 2.75. The molecule has 0 saturated carbocycles. The van der Waals surface area contributed by atoms with Gasteiger partial charge in [-0.2, -0.15) is 0 Å². The molecule has 2 aromatic rings. The van der Waals surface area contributed by atoms with Gasteiger partial charge in [0.15, 0.2) is 0 Å². The average molecular weight is 383 g/mol. The summed E-state index contributed by atoms with van der Waals surface area (Å²) in [4.78, 5) is 21.8. The number of nitrogens with zero attached hydrogens (tertiary/aromatic N) is 3. The molecular weight excluding hydrogens is 352 g/mol. The molecule has 1 fully saturated rings. The largest absolute Gasteiger partial charge is 0.378 e. The highest BCUT2D eigenvalue weighted by molar-refractivity contribution is 6.05. The first-order valence-corrected chi connectivity index (χ1v) is 10.2. The highest BCUT2D eigenvalue weighted by atomic mass is 16.5. The van der Waals surface area contributed by atoms with Crippen LogP contribution in [0.3, 0.4) is 0 Å². The number of hydrogen-bond acceptors (Lipinski definition) is 5. The van der Waals surface area contributed by atoms with E-state index in [9.17, 15) is 4.79 Å². The van der Waals surface area contributed by atoms with Crippen molar-refractivity contribution in [3.8, 4) is 0 Å². The van der Waals surface area contributed by atoms with Gasteiger partial charge in [0.1, 0.15) is 5.82 Å². The Morgan fingerprint density at radius 1 is 1.11 bits per heavy atom. The predicted molar refractivity (Wildman–Crippen MR) is 114 cm³/mol. The van der Waals surface area contributed by atoms with Crippen LogP contribution in [0.5, 0.6) is 0 Å². The Morgan fingerprint density at radius 3 is 2.46 bits per heavy atom. The summed E-state index contributed by atoms with van der Waals surface area (Å²) < 4.78 is 5.44. The van der Waals surface area contributed by atoms with Gasteiger partial charge in [0.25, 0.3) is 5.91 Å². The third kappa shape index (κ3) is 5.01. The SMILES string of the molecule is CCCN(CCC)c1ccc(C(=O)Nc2ccccc2N2CCOCC2)cn1. The summed E-state index contributed by atoms with van der Waals surface area (Å²) in [6, 6.07) is 11.7. The van der Waals surface area contributed by atoms with E-state index in [1.54, 1.807) is 6.20 Å². The Bertz CT molecular complexity index is 751. The van der Waals surface area contributed by atoms with E-state index < -0.39 is 0 Å². The van der Waals surface area contributed by atoms with Crippen molar-refractivity contribution in [1.82, 2.24) is 4.98 Å². The minimum Gasteiger partial charge on any atom is -0.378 e. The van der Waals surface area contributed by atoms with Crippen LogP contribution in [0.1, 0.15) is 37.0 Å². The molecule has 1 N–H and O–H groups in total. The standard InChI is InChI=1S/C22H30N4O2/c1-3-11-26(12-4-2)21-10-9-18(17-23-21)22(27)24-19-7-5-6-8-20(19)25-13-15-28-16-14-25/h5-10,17H,3-4,11-16H2,1-2H3,(H,24,27). The number of pyridine rings is 1. The van der Waals surface area contributed by atoms with Gasteiger partial charge in [-0.15, -0.1) is 0 Å². The smallest absolute Gasteiger partial charge is 0.257 e. The number of ether oxygens (including phenoxy) is 1. The van der Waals surface area contributed by atoms with Crippen LogP contribution in [0, 0.1) is 0 Å². The topological polar surface area (TPSA) is 57.7 Å². The molecule has 0 atom stereocenters. The number of anilines is 3. The summed E-state index contributed by atoms with van der Waals surface area (Å²) >= 11 is 0. The molecule has 0 bridgehead atoms. The summed E-state index contributed by atoms with van der Waals surface area (Å²) in [5, 5.41) is 3.05. The molecule has 3 rings (SSSR count). The number of hydrogen-bond donors (Lipinski definition) is 1. The summed E-state index contributed by atoms with van der Waals surface area (Å²) in [6.07, 6.45) is 3.81. The Morgan fingerprint density at radius 2 is 1.82 bits per heavy atom. The molecule has 0 unspecified atom stereocenters. The van der Waals surface area contributed by atoms with Crippen LogP contribution in [-0.2, 0) is 4.74 Å². The molecule has 6 heteroatoms. The van der Waals surface area contributed by atoms with Crippen molar-refractivity contribution in [3.05, 3.63) is 48.2 Å². The van der Waals surface area contributed by atoms with Crippen LogP contribution in [-0.4, -0.2) is 50.3 Å². The molecule has 0 aliphatic carbocycles. The summed E-state index contributed by atoms with van der Waals surface area (Å²) in [5.74, 6) is 0.784. The molecule has 28 heavy (non-hydrogen) atoms. The van der Waals surface area contributed by atoms with E-state index in [0.29, 0.717) is 18.8 Å². The minimum absolute atomic E-state index is 0.141. The van der Waals surface area contributed by atoms with Crippen LogP contribution in [0.15, 0.2) is 42.6 Å². The molecule has 1 aliphatic rings. The first kappa shape index (κ1) is 20.1. The van der Waals surface area contributed by atoms with Gasteiger partial charge in [0.05, 0.1) is 30.2 Å². The van der Waals surface area contributed by atoms with Crippen LogP contribution < -0.4 is 15.1 Å². The van der Waals surface area contributed by atoms with Crippen molar-refractivity contribution in [2.24, 2.45) is 0 Å². The number of carbonyl (C=O) groups is 1. The van der Waals surface area contributed by atoms with E-state index in [2.05, 4.69) is 33.9 Å². The summed E-state index contributed by atoms with van der Waals surface area (Å²) in [5.41, 5.74) is 2.41. The van der Waals surface area contributed by atoms with Gasteiger partial charge in [-0.1, -0.05) is 26.0 Å². The second kappa shape index (κ2) is 10.1. The summed E-state index contributed by atoms with van der Waals surface area (Å²) in [6.45, 7) is 9.34. The van der Waals surface area contributed by atoms with Gasteiger partial charge in [-0.3, -0.25) is 4.79 Å². The number of carbonyl (C=O) groups excluding carboxylic acids is 1. The van der Waals surface area contributed by atoms with E-state index in [1.165, 1.54) is 0 Å². The Hall–Kier alpha value is -2.60. The van der Waals surface area contributed by atoms with Crippen molar-refractivity contribution < 1.29 is 9.53 Å². The maximum atomic E-state index is 12.8. The number of para-hydroxylation sites is 2. The highest BCUT2D eigenvalue weighted by Gasteiger charge is 2.16. The maximum absolute atomic E-state index is 12.8. The summed E-state index contributed by atoms with van der Waals surface area (Å²) in [7, 11) is 0. The molecule has 1 amide bonds. The minimum atomic E-state index is -0.141. The highest BCUT2D eigenvalue weighted by Crippen LogP contribution is 2.27. The second-order valence-electron chi connectivity index (χ2n) is 6.96. The molecule has 0 radical (unpaired) electrons. The van der Waals surface area contributed by atoms with Gasteiger partial charge in [0.2, 0.25) is 0 Å². The normalized spacial score (nSPS) is 14.0. The molecule has 150 valence electrons. The second-order valence-corrected chi connectivity index (χ2v) is 6.96. The fourth-order valence-electron chi connectivity index (χ4n) is 3.44. The van der Waals surface area contributed by atoms with Gasteiger partial charge >= 0.3 is 0 Å². The van der Waals surface area contributed by atoms with Crippen LogP contribution in [0.25, 0.3) is 0 Å². The zero-order chi connectivity index (χ0) is 19.8. The number of nitrogens with one attached hydrogen (secondary N) is 1. The van der Waals surface area contributed by atoms with Gasteiger partial charge in [-0.25, -0.2) is 4.98 Å². The monoisotopic (exact) mass is 382 g/mol. The van der Waals surface area contributed by atoms with E-state index in [4.69, 9.17) is 4.74 Å². The lowest BCUT2D eigenvalue weighted by molar-refractivity contribution is 0.102. The zero-order valence-corrected chi connectivity index (χ0v) is 16.9. The zero-order valence-electron chi connectivity index (χ0n) is 16.9. The maximum Gasteiger partial charge on any atom is 0.257 e. The first-order valence-electron chi connectivity index (χ1n) is 10.2.